The van der Waals surface area contributed by atoms with E-state index in [9.17, 15) is 16.8 Å². The number of rotatable bonds is 8. The topological polar surface area (TPSA) is 103 Å². The highest BCUT2D eigenvalue weighted by molar-refractivity contribution is 7.91. The van der Waals surface area contributed by atoms with Crippen LogP contribution in [0.1, 0.15) is 12.5 Å². The summed E-state index contributed by atoms with van der Waals surface area (Å²) in [4.78, 5) is 9.42. The Balaban J connectivity index is 1.43. The third-order valence-electron chi connectivity index (χ3n) is 6.71. The Hall–Kier alpha value is -4.08. The molecule has 7 nitrogen and oxygen atoms in total. The smallest absolute Gasteiger partial charge is 0.175 e. The van der Waals surface area contributed by atoms with E-state index in [0.717, 1.165) is 45.1 Å². The molecule has 0 aliphatic heterocycles. The number of ether oxygens (including phenoxy) is 1. The van der Waals surface area contributed by atoms with Gasteiger partial charge in [0, 0.05) is 35.2 Å². The predicted octanol–water partition coefficient (Wildman–Crippen LogP) is 6.14. The summed E-state index contributed by atoms with van der Waals surface area (Å²) in [6, 6.07) is 25.8. The summed E-state index contributed by atoms with van der Waals surface area (Å²) in [7, 11) is -6.44. The van der Waals surface area contributed by atoms with Crippen LogP contribution in [0.25, 0.3) is 33.3 Å². The standard InChI is InChI=1S/C31H28N2O5S2/c1-21(39(2,34)35)16-22-17-25-8-5-15-32-31(25)29(18-22)23-6-4-7-24(19-23)30-14-11-27(20-33-30)38-26-9-12-28(13-10-26)40(3,36)37/h4-15,17-21H,16H2,1-3H3. The summed E-state index contributed by atoms with van der Waals surface area (Å²) < 4.78 is 53.3. The molecule has 1 unspecified atom stereocenters. The molecule has 1 atom stereocenters. The van der Waals surface area contributed by atoms with Gasteiger partial charge in [0.15, 0.2) is 9.84 Å². The number of benzene rings is 3. The number of aromatic nitrogens is 2. The Morgan fingerprint density at radius 1 is 0.775 bits per heavy atom. The first kappa shape index (κ1) is 27.5. The Morgan fingerprint density at radius 3 is 2.17 bits per heavy atom. The Bertz CT molecular complexity index is 1900. The molecule has 0 aliphatic rings. The largest absolute Gasteiger partial charge is 0.456 e. The average Bonchev–Trinajstić information content (AvgIpc) is 2.92. The van der Waals surface area contributed by atoms with Crippen LogP contribution < -0.4 is 4.74 Å². The van der Waals surface area contributed by atoms with Gasteiger partial charge in [0.25, 0.3) is 0 Å². The molecule has 0 fully saturated rings. The van der Waals surface area contributed by atoms with E-state index in [2.05, 4.69) is 9.97 Å². The summed E-state index contributed by atoms with van der Waals surface area (Å²) in [6.07, 6.45) is 6.22. The van der Waals surface area contributed by atoms with Gasteiger partial charge < -0.3 is 4.74 Å². The quantitative estimate of drug-likeness (QED) is 0.220. The lowest BCUT2D eigenvalue weighted by Crippen LogP contribution is -2.18. The maximum Gasteiger partial charge on any atom is 0.175 e. The van der Waals surface area contributed by atoms with Crippen LogP contribution in [0.15, 0.2) is 102 Å². The van der Waals surface area contributed by atoms with Crippen molar-refractivity contribution in [2.75, 3.05) is 12.5 Å². The van der Waals surface area contributed by atoms with E-state index in [-0.39, 0.29) is 4.90 Å². The summed E-state index contributed by atoms with van der Waals surface area (Å²) in [5.74, 6) is 1.03. The number of pyridine rings is 2. The van der Waals surface area contributed by atoms with Gasteiger partial charge in [-0.15, -0.1) is 0 Å². The minimum atomic E-state index is -3.27. The summed E-state index contributed by atoms with van der Waals surface area (Å²) in [6.45, 7) is 1.73. The fraction of sp³-hybridized carbons (Fsp3) is 0.161. The number of sulfone groups is 2. The molecule has 3 aromatic carbocycles. The number of hydrogen-bond donors (Lipinski definition) is 0. The van der Waals surface area contributed by atoms with Crippen LogP contribution in [0.2, 0.25) is 0 Å². The van der Waals surface area contributed by atoms with Crippen molar-refractivity contribution >= 4 is 30.6 Å². The molecule has 2 heterocycles. The molecular weight excluding hydrogens is 544 g/mol. The van der Waals surface area contributed by atoms with Crippen molar-refractivity contribution < 1.29 is 21.6 Å². The van der Waals surface area contributed by atoms with Crippen LogP contribution in [0, 0.1) is 0 Å². The first-order valence-electron chi connectivity index (χ1n) is 12.6. The third-order valence-corrected chi connectivity index (χ3v) is 9.47. The van der Waals surface area contributed by atoms with E-state index in [1.807, 2.05) is 60.7 Å². The van der Waals surface area contributed by atoms with Gasteiger partial charge in [0.1, 0.15) is 21.3 Å². The average molecular weight is 573 g/mol. The lowest BCUT2D eigenvalue weighted by Gasteiger charge is -2.14. The van der Waals surface area contributed by atoms with Crippen LogP contribution in [0.4, 0.5) is 0 Å². The predicted molar refractivity (Wildman–Crippen MR) is 158 cm³/mol. The number of nitrogens with zero attached hydrogens (tertiary/aromatic N) is 2. The second-order valence-electron chi connectivity index (χ2n) is 9.87. The van der Waals surface area contributed by atoms with Crippen LogP contribution in [0.5, 0.6) is 11.5 Å². The molecule has 5 aromatic rings. The zero-order chi connectivity index (χ0) is 28.5. The van der Waals surface area contributed by atoms with Crippen LogP contribution >= 0.6 is 0 Å². The molecule has 0 saturated carbocycles. The number of hydrogen-bond acceptors (Lipinski definition) is 7. The Morgan fingerprint density at radius 2 is 1.50 bits per heavy atom. The van der Waals surface area contributed by atoms with E-state index in [1.165, 1.54) is 18.4 Å². The van der Waals surface area contributed by atoms with Gasteiger partial charge in [-0.25, -0.2) is 16.8 Å². The molecule has 9 heteroatoms. The van der Waals surface area contributed by atoms with Crippen molar-refractivity contribution in [1.82, 2.24) is 9.97 Å². The summed E-state index contributed by atoms with van der Waals surface area (Å²) >= 11 is 0. The molecule has 0 saturated heterocycles. The highest BCUT2D eigenvalue weighted by atomic mass is 32.2. The van der Waals surface area contributed by atoms with Gasteiger partial charge in [0.05, 0.1) is 27.6 Å². The normalized spacial score (nSPS) is 12.8. The van der Waals surface area contributed by atoms with Crippen LogP contribution in [0.3, 0.4) is 0 Å². The summed E-state index contributed by atoms with van der Waals surface area (Å²) in [5.41, 5.74) is 5.30. The van der Waals surface area contributed by atoms with Crippen molar-refractivity contribution in [2.24, 2.45) is 0 Å². The molecule has 0 spiro atoms. The zero-order valence-electron chi connectivity index (χ0n) is 22.3. The second-order valence-corrected chi connectivity index (χ2v) is 14.3. The minimum absolute atomic E-state index is 0.228. The first-order chi connectivity index (χ1) is 19.0. The van der Waals surface area contributed by atoms with Gasteiger partial charge >= 0.3 is 0 Å². The van der Waals surface area contributed by atoms with E-state index in [0.29, 0.717) is 17.9 Å². The fourth-order valence-electron chi connectivity index (χ4n) is 4.42. The maximum atomic E-state index is 12.1. The van der Waals surface area contributed by atoms with E-state index >= 15 is 0 Å². The lowest BCUT2D eigenvalue weighted by atomic mass is 9.95. The lowest BCUT2D eigenvalue weighted by molar-refractivity contribution is 0.480. The van der Waals surface area contributed by atoms with Crippen molar-refractivity contribution in [2.45, 2.75) is 23.5 Å². The Labute approximate surface area is 234 Å². The molecule has 40 heavy (non-hydrogen) atoms. The molecule has 0 aliphatic carbocycles. The SMILES string of the molecule is CC(Cc1cc(-c2cccc(-c3ccc(Oc4ccc(S(C)(=O)=O)cc4)cn3)c2)c2ncccc2c1)S(C)(=O)=O. The van der Waals surface area contributed by atoms with Gasteiger partial charge in [-0.05, 0) is 85.1 Å². The van der Waals surface area contributed by atoms with Gasteiger partial charge in [-0.2, -0.15) is 0 Å². The van der Waals surface area contributed by atoms with Crippen molar-refractivity contribution in [3.63, 3.8) is 0 Å². The zero-order valence-corrected chi connectivity index (χ0v) is 23.9. The van der Waals surface area contributed by atoms with Crippen molar-refractivity contribution in [1.29, 1.82) is 0 Å². The van der Waals surface area contributed by atoms with Crippen molar-refractivity contribution in [3.05, 3.63) is 103 Å². The monoisotopic (exact) mass is 572 g/mol. The molecule has 204 valence electrons. The van der Waals surface area contributed by atoms with Crippen molar-refractivity contribution in [3.8, 4) is 33.9 Å². The molecule has 0 amide bonds. The van der Waals surface area contributed by atoms with E-state index in [1.54, 1.807) is 31.5 Å². The Kier molecular flexibility index (Phi) is 7.44. The van der Waals surface area contributed by atoms with Crippen LogP contribution in [-0.4, -0.2) is 44.6 Å². The molecule has 0 N–H and O–H groups in total. The molecule has 0 radical (unpaired) electrons. The number of fused-ring (bicyclic) bond motifs is 1. The summed E-state index contributed by atoms with van der Waals surface area (Å²) in [5, 5.41) is 0.452. The van der Waals surface area contributed by atoms with E-state index in [4.69, 9.17) is 4.74 Å². The third kappa shape index (κ3) is 6.21. The molecule has 0 bridgehead atoms. The highest BCUT2D eigenvalue weighted by Gasteiger charge is 2.17. The molecule has 5 rings (SSSR count). The van der Waals surface area contributed by atoms with Crippen LogP contribution in [-0.2, 0) is 26.1 Å². The molecular formula is C31H28N2O5S2. The van der Waals surface area contributed by atoms with Gasteiger partial charge in [0.2, 0.25) is 0 Å². The molecule has 2 aromatic heterocycles. The fourth-order valence-corrected chi connectivity index (χ4v) is 5.55. The van der Waals surface area contributed by atoms with Gasteiger partial charge in [-0.1, -0.05) is 24.3 Å². The maximum absolute atomic E-state index is 12.1. The first-order valence-corrected chi connectivity index (χ1v) is 16.4. The second kappa shape index (κ2) is 10.8. The minimum Gasteiger partial charge on any atom is -0.456 e. The van der Waals surface area contributed by atoms with Gasteiger partial charge in [-0.3, -0.25) is 9.97 Å². The van der Waals surface area contributed by atoms with E-state index < -0.39 is 24.9 Å². The highest BCUT2D eigenvalue weighted by Crippen LogP contribution is 2.33.